The Balaban J connectivity index is 2.18. The highest BCUT2D eigenvalue weighted by molar-refractivity contribution is 5.91. The van der Waals surface area contributed by atoms with E-state index in [2.05, 4.69) is 0 Å². The molecule has 0 N–H and O–H groups in total. The van der Waals surface area contributed by atoms with Gasteiger partial charge in [-0.15, -0.1) is 0 Å². The van der Waals surface area contributed by atoms with E-state index in [1.807, 2.05) is 6.07 Å². The molecule has 0 saturated carbocycles. The third kappa shape index (κ3) is 5.60. The van der Waals surface area contributed by atoms with E-state index >= 15 is 0 Å². The van der Waals surface area contributed by atoms with Crippen molar-refractivity contribution in [2.24, 2.45) is 0 Å². The lowest BCUT2D eigenvalue weighted by molar-refractivity contribution is -0.155. The molecule has 27 heavy (non-hydrogen) atoms. The summed E-state index contributed by atoms with van der Waals surface area (Å²) in [6.45, 7) is 0. The predicted molar refractivity (Wildman–Crippen MR) is 103 cm³/mol. The monoisotopic (exact) mass is 369 g/mol. The molecule has 2 aromatic carbocycles. The van der Waals surface area contributed by atoms with Crippen LogP contribution in [0.15, 0.2) is 54.6 Å². The number of likely N-dealkylation sites (N-methyl/N-ethyl adjacent to an activating group) is 1. The average Bonchev–Trinajstić information content (AvgIpc) is 2.70. The molecule has 0 unspecified atom stereocenters. The lowest BCUT2D eigenvalue weighted by Gasteiger charge is -2.20. The van der Waals surface area contributed by atoms with E-state index in [0.29, 0.717) is 22.6 Å². The third-order valence-electron chi connectivity index (χ3n) is 3.79. The lowest BCUT2D eigenvalue weighted by Crippen LogP contribution is -2.30. The maximum Gasteiger partial charge on any atom is 0.331 e. The van der Waals surface area contributed by atoms with Crippen molar-refractivity contribution in [2.45, 2.75) is 6.10 Å². The molecule has 2 rings (SSSR count). The highest BCUT2D eigenvalue weighted by Crippen LogP contribution is 2.24. The summed E-state index contributed by atoms with van der Waals surface area (Å²) >= 11 is 0. The van der Waals surface area contributed by atoms with Crippen LogP contribution in [0.4, 0.5) is 0 Å². The number of hydrogen-bond donors (Lipinski definition) is 0. The number of methoxy groups -OCH3 is 2. The van der Waals surface area contributed by atoms with E-state index in [-0.39, 0.29) is 5.91 Å². The number of carbonyl (C=O) groups excluding carboxylic acids is 2. The lowest BCUT2D eigenvalue weighted by atomic mass is 10.1. The van der Waals surface area contributed by atoms with E-state index in [9.17, 15) is 9.59 Å². The molecule has 0 aliphatic carbocycles. The molecule has 1 atom stereocenters. The van der Waals surface area contributed by atoms with Crippen LogP contribution in [0.3, 0.4) is 0 Å². The van der Waals surface area contributed by atoms with Gasteiger partial charge < -0.3 is 19.1 Å². The fourth-order valence-corrected chi connectivity index (χ4v) is 2.37. The van der Waals surface area contributed by atoms with Gasteiger partial charge >= 0.3 is 5.97 Å². The van der Waals surface area contributed by atoms with Gasteiger partial charge in [-0.3, -0.25) is 4.79 Å². The molecule has 0 spiro atoms. The zero-order valence-corrected chi connectivity index (χ0v) is 15.8. The van der Waals surface area contributed by atoms with Crippen molar-refractivity contribution in [3.63, 3.8) is 0 Å². The number of amides is 1. The first-order chi connectivity index (χ1) is 12.9. The largest absolute Gasteiger partial charge is 0.497 e. The minimum atomic E-state index is -1.00. The van der Waals surface area contributed by atoms with E-state index in [1.54, 1.807) is 76.9 Å². The molecular weight excluding hydrogens is 346 g/mol. The predicted octanol–water partition coefficient (Wildman–Crippen LogP) is 3.09. The Hall–Kier alpha value is -3.28. The molecule has 0 aliphatic heterocycles. The van der Waals surface area contributed by atoms with Gasteiger partial charge in [0.05, 0.1) is 14.2 Å². The molecule has 0 aromatic heterocycles. The van der Waals surface area contributed by atoms with E-state index in [1.165, 1.54) is 11.0 Å². The number of benzene rings is 2. The number of nitrogens with zero attached hydrogens (tertiary/aromatic N) is 1. The van der Waals surface area contributed by atoms with Gasteiger partial charge in [-0.1, -0.05) is 30.3 Å². The van der Waals surface area contributed by atoms with Crippen molar-refractivity contribution in [2.75, 3.05) is 28.3 Å². The molecule has 0 aliphatic rings. The summed E-state index contributed by atoms with van der Waals surface area (Å²) in [5, 5.41) is 0. The van der Waals surface area contributed by atoms with E-state index < -0.39 is 12.1 Å². The number of ether oxygens (including phenoxy) is 3. The van der Waals surface area contributed by atoms with Crippen LogP contribution in [0, 0.1) is 0 Å². The van der Waals surface area contributed by atoms with Gasteiger partial charge in [0.15, 0.2) is 0 Å². The highest BCUT2D eigenvalue weighted by Gasteiger charge is 2.25. The number of hydrogen-bond acceptors (Lipinski definition) is 5. The van der Waals surface area contributed by atoms with Crippen molar-refractivity contribution in [1.29, 1.82) is 0 Å². The zero-order chi connectivity index (χ0) is 19.8. The van der Waals surface area contributed by atoms with Gasteiger partial charge in [0.1, 0.15) is 11.5 Å². The minimum Gasteiger partial charge on any atom is -0.497 e. The summed E-state index contributed by atoms with van der Waals surface area (Å²) in [4.78, 5) is 26.1. The van der Waals surface area contributed by atoms with Crippen molar-refractivity contribution >= 4 is 18.0 Å². The van der Waals surface area contributed by atoms with Gasteiger partial charge in [-0.2, -0.15) is 0 Å². The maximum atomic E-state index is 12.4. The summed E-state index contributed by atoms with van der Waals surface area (Å²) in [5.41, 5.74) is 1.32. The Morgan fingerprint density at radius 3 is 2.07 bits per heavy atom. The molecular formula is C21H23NO5. The van der Waals surface area contributed by atoms with Crippen molar-refractivity contribution in [3.8, 4) is 11.5 Å². The SMILES string of the molecule is COc1cc(/C=C/C(=O)O[C@H](C(=O)N(C)C)c2ccccc2)cc(OC)c1. The average molecular weight is 369 g/mol. The second-order valence-electron chi connectivity index (χ2n) is 5.94. The Kier molecular flexibility index (Phi) is 7.00. The second kappa shape index (κ2) is 9.43. The van der Waals surface area contributed by atoms with Crippen LogP contribution < -0.4 is 9.47 Å². The Morgan fingerprint density at radius 2 is 1.56 bits per heavy atom. The fraction of sp³-hybridized carbons (Fsp3) is 0.238. The van der Waals surface area contributed by atoms with Crippen molar-refractivity contribution in [1.82, 2.24) is 4.90 Å². The molecule has 6 heteroatoms. The molecule has 0 fully saturated rings. The Labute approximate surface area is 159 Å². The van der Waals surface area contributed by atoms with Crippen LogP contribution in [-0.2, 0) is 14.3 Å². The first-order valence-corrected chi connectivity index (χ1v) is 8.32. The molecule has 0 radical (unpaired) electrons. The highest BCUT2D eigenvalue weighted by atomic mass is 16.5. The van der Waals surface area contributed by atoms with Gasteiger partial charge in [0, 0.05) is 31.8 Å². The third-order valence-corrected chi connectivity index (χ3v) is 3.79. The van der Waals surface area contributed by atoms with E-state index in [4.69, 9.17) is 14.2 Å². The van der Waals surface area contributed by atoms with Crippen molar-refractivity contribution < 1.29 is 23.8 Å². The zero-order valence-electron chi connectivity index (χ0n) is 15.8. The minimum absolute atomic E-state index is 0.314. The van der Waals surface area contributed by atoms with Crippen molar-refractivity contribution in [3.05, 3.63) is 65.7 Å². The Bertz CT molecular complexity index is 792. The van der Waals surface area contributed by atoms with Crippen LogP contribution in [0.25, 0.3) is 6.08 Å². The first kappa shape index (κ1) is 20.0. The second-order valence-corrected chi connectivity index (χ2v) is 5.94. The molecule has 0 bridgehead atoms. The molecule has 1 amide bonds. The smallest absolute Gasteiger partial charge is 0.331 e. The van der Waals surface area contributed by atoms with Gasteiger partial charge in [0.2, 0.25) is 6.10 Å². The quantitative estimate of drug-likeness (QED) is 0.554. The summed E-state index contributed by atoms with van der Waals surface area (Å²) in [5.74, 6) is 0.270. The van der Waals surface area contributed by atoms with E-state index in [0.717, 1.165) is 0 Å². The van der Waals surface area contributed by atoms with Crippen LogP contribution in [0.1, 0.15) is 17.2 Å². The molecule has 2 aromatic rings. The summed E-state index contributed by atoms with van der Waals surface area (Å²) in [6, 6.07) is 14.1. The maximum absolute atomic E-state index is 12.4. The molecule has 6 nitrogen and oxygen atoms in total. The summed E-state index contributed by atoms with van der Waals surface area (Å²) in [7, 11) is 6.33. The molecule has 0 saturated heterocycles. The fourth-order valence-electron chi connectivity index (χ4n) is 2.37. The number of esters is 1. The number of carbonyl (C=O) groups is 2. The normalized spacial score (nSPS) is 11.7. The van der Waals surface area contributed by atoms with Crippen LogP contribution >= 0.6 is 0 Å². The standard InChI is InChI=1S/C21H23NO5/c1-22(2)21(24)20(16-8-6-5-7-9-16)27-19(23)11-10-15-12-17(25-3)14-18(13-15)26-4/h5-14,20H,1-4H3/b11-10+/t20-/m0/s1. The molecule has 142 valence electrons. The van der Waals surface area contributed by atoms with Gasteiger partial charge in [-0.05, 0) is 23.8 Å². The van der Waals surface area contributed by atoms with Crippen LogP contribution in [-0.4, -0.2) is 45.1 Å². The van der Waals surface area contributed by atoms with Gasteiger partial charge in [-0.25, -0.2) is 4.79 Å². The molecule has 0 heterocycles. The number of rotatable bonds is 7. The van der Waals surface area contributed by atoms with Gasteiger partial charge in [0.25, 0.3) is 5.91 Å². The summed E-state index contributed by atoms with van der Waals surface area (Å²) in [6.07, 6.45) is 1.85. The Morgan fingerprint density at radius 1 is 0.963 bits per heavy atom. The van der Waals surface area contributed by atoms with Crippen LogP contribution in [0.2, 0.25) is 0 Å². The summed E-state index contributed by atoms with van der Waals surface area (Å²) < 4.78 is 15.8. The first-order valence-electron chi connectivity index (χ1n) is 8.32. The topological polar surface area (TPSA) is 65.1 Å². The van der Waals surface area contributed by atoms with Crippen LogP contribution in [0.5, 0.6) is 11.5 Å².